The molecule has 0 aliphatic heterocycles. The summed E-state index contributed by atoms with van der Waals surface area (Å²) in [6.45, 7) is 0. The fraction of sp³-hybridized carbons (Fsp3) is 0.143. The van der Waals surface area contributed by atoms with Crippen LogP contribution in [0.1, 0.15) is 0 Å². The minimum absolute atomic E-state index is 0.0789. The highest BCUT2D eigenvalue weighted by molar-refractivity contribution is 9.10. The number of anilines is 1. The van der Waals surface area contributed by atoms with E-state index in [4.69, 9.17) is 4.55 Å². The van der Waals surface area contributed by atoms with Crippen molar-refractivity contribution in [1.82, 2.24) is 0 Å². The molecule has 0 saturated carbocycles. The number of nitro benzene ring substituents is 1. The van der Waals surface area contributed by atoms with Crippen LogP contribution in [0, 0.1) is 10.1 Å². The lowest BCUT2D eigenvalue weighted by Crippen LogP contribution is -2.20. The summed E-state index contributed by atoms with van der Waals surface area (Å²) in [5.74, 6) is 0. The van der Waals surface area contributed by atoms with E-state index in [1.807, 2.05) is 0 Å². The molecule has 1 aromatic rings. The van der Waals surface area contributed by atoms with Gasteiger partial charge in [0, 0.05) is 17.6 Å². The van der Waals surface area contributed by atoms with E-state index < -0.39 is 16.2 Å². The molecule has 82 valence electrons. The van der Waals surface area contributed by atoms with Gasteiger partial charge in [-0.15, -0.1) is 0 Å². The number of hydrogen-bond donors (Lipinski definition) is 1. The molecule has 1 unspecified atom stereocenters. The Morgan fingerprint density at radius 2 is 2.20 bits per heavy atom. The molecule has 0 aromatic heterocycles. The molecular formula is C7H7BrN2O4S. The number of halogens is 1. The zero-order valence-electron chi connectivity index (χ0n) is 7.58. The number of nitrogens with zero attached hydrogens (tertiary/aromatic N) is 2. The van der Waals surface area contributed by atoms with E-state index in [9.17, 15) is 14.3 Å². The van der Waals surface area contributed by atoms with Gasteiger partial charge in [0.15, 0.2) is 0 Å². The molecule has 0 aliphatic carbocycles. The molecule has 0 spiro atoms. The van der Waals surface area contributed by atoms with E-state index in [0.717, 1.165) is 4.31 Å². The molecule has 0 heterocycles. The molecule has 15 heavy (non-hydrogen) atoms. The molecular weight excluding hydrogens is 288 g/mol. The molecule has 6 nitrogen and oxygen atoms in total. The van der Waals surface area contributed by atoms with Crippen molar-refractivity contribution >= 4 is 38.6 Å². The Hall–Kier alpha value is -0.990. The van der Waals surface area contributed by atoms with Gasteiger partial charge in [0.05, 0.1) is 4.92 Å². The zero-order chi connectivity index (χ0) is 11.6. The van der Waals surface area contributed by atoms with E-state index in [0.29, 0.717) is 4.47 Å². The first-order valence-electron chi connectivity index (χ1n) is 3.72. The number of rotatable bonds is 3. The third-order valence-corrected chi connectivity index (χ3v) is 2.87. The lowest BCUT2D eigenvalue weighted by molar-refractivity contribution is -0.384. The summed E-state index contributed by atoms with van der Waals surface area (Å²) in [6, 6.07) is 4.17. The number of benzene rings is 1. The molecule has 0 fully saturated rings. The lowest BCUT2D eigenvalue weighted by Gasteiger charge is -2.13. The molecule has 1 N–H and O–H groups in total. The Morgan fingerprint density at radius 3 is 2.67 bits per heavy atom. The van der Waals surface area contributed by atoms with Crippen LogP contribution >= 0.6 is 15.9 Å². The van der Waals surface area contributed by atoms with Gasteiger partial charge >= 0.3 is 0 Å². The molecule has 0 radical (unpaired) electrons. The normalized spacial score (nSPS) is 12.2. The van der Waals surface area contributed by atoms with Gasteiger partial charge in [-0.2, -0.15) is 0 Å². The van der Waals surface area contributed by atoms with Crippen LogP contribution in [-0.2, 0) is 11.3 Å². The summed E-state index contributed by atoms with van der Waals surface area (Å²) in [5.41, 5.74) is -0.140. The van der Waals surface area contributed by atoms with Gasteiger partial charge in [-0.05, 0) is 12.1 Å². The van der Waals surface area contributed by atoms with E-state index in [1.54, 1.807) is 0 Å². The van der Waals surface area contributed by atoms with E-state index in [1.165, 1.54) is 25.2 Å². The highest BCUT2D eigenvalue weighted by Gasteiger charge is 2.19. The summed E-state index contributed by atoms with van der Waals surface area (Å²) >= 11 is 0.845. The van der Waals surface area contributed by atoms with E-state index in [2.05, 4.69) is 15.9 Å². The fourth-order valence-corrected chi connectivity index (χ4v) is 1.65. The first kappa shape index (κ1) is 12.1. The van der Waals surface area contributed by atoms with Crippen LogP contribution in [-0.4, -0.2) is 20.7 Å². The van der Waals surface area contributed by atoms with Gasteiger partial charge in [-0.25, -0.2) is 4.21 Å². The summed E-state index contributed by atoms with van der Waals surface area (Å²) in [4.78, 5) is 10.0. The molecule has 1 aromatic carbocycles. The van der Waals surface area contributed by atoms with Crippen molar-refractivity contribution in [2.24, 2.45) is 0 Å². The summed E-state index contributed by atoms with van der Waals surface area (Å²) < 4.78 is 21.1. The zero-order valence-corrected chi connectivity index (χ0v) is 9.99. The monoisotopic (exact) mass is 294 g/mol. The van der Waals surface area contributed by atoms with Crippen molar-refractivity contribution in [1.29, 1.82) is 0 Å². The Bertz CT molecular complexity index is 425. The predicted octanol–water partition coefficient (Wildman–Crippen LogP) is 1.93. The summed E-state index contributed by atoms with van der Waals surface area (Å²) in [6.07, 6.45) is 0. The largest absolute Gasteiger partial charge is 0.293 e. The highest BCUT2D eigenvalue weighted by atomic mass is 79.9. The number of nitro groups is 1. The van der Waals surface area contributed by atoms with Crippen LogP contribution in [0.5, 0.6) is 0 Å². The Balaban J connectivity index is 3.30. The fourth-order valence-electron chi connectivity index (χ4n) is 0.987. The molecule has 1 atom stereocenters. The Morgan fingerprint density at radius 1 is 1.60 bits per heavy atom. The van der Waals surface area contributed by atoms with E-state index >= 15 is 0 Å². The van der Waals surface area contributed by atoms with Crippen LogP contribution < -0.4 is 4.31 Å². The SMILES string of the molecule is CN(c1cc(Br)ccc1[N+](=O)[O-])S(=O)O. The van der Waals surface area contributed by atoms with Gasteiger partial charge in [0.25, 0.3) is 17.0 Å². The molecule has 8 heteroatoms. The molecule has 0 aliphatic rings. The molecule has 0 bridgehead atoms. The maximum atomic E-state index is 10.8. The standard InChI is InChI=1S/C7H7BrN2O4S/c1-9(15(13)14)7-4-5(8)2-3-6(7)10(11)12/h2-4H,1H3,(H,13,14). The third kappa shape index (κ3) is 2.74. The van der Waals surface area contributed by atoms with Crippen molar-refractivity contribution < 1.29 is 13.7 Å². The van der Waals surface area contributed by atoms with Crippen molar-refractivity contribution in [2.45, 2.75) is 0 Å². The van der Waals surface area contributed by atoms with Crippen molar-refractivity contribution in [3.05, 3.63) is 32.8 Å². The first-order valence-corrected chi connectivity index (χ1v) is 5.58. The topological polar surface area (TPSA) is 83.7 Å². The van der Waals surface area contributed by atoms with Crippen LogP contribution in [0.2, 0.25) is 0 Å². The van der Waals surface area contributed by atoms with E-state index in [-0.39, 0.29) is 11.4 Å². The van der Waals surface area contributed by atoms with Crippen LogP contribution in [0.4, 0.5) is 11.4 Å². The second-order valence-electron chi connectivity index (χ2n) is 2.62. The van der Waals surface area contributed by atoms with Crippen LogP contribution in [0.25, 0.3) is 0 Å². The minimum atomic E-state index is -2.29. The van der Waals surface area contributed by atoms with Crippen molar-refractivity contribution in [2.75, 3.05) is 11.4 Å². The second-order valence-corrected chi connectivity index (χ2v) is 4.54. The van der Waals surface area contributed by atoms with Gasteiger partial charge in [-0.3, -0.25) is 19.0 Å². The maximum absolute atomic E-state index is 10.8. The van der Waals surface area contributed by atoms with Crippen LogP contribution in [0.15, 0.2) is 22.7 Å². The Labute approximate surface area is 96.6 Å². The smallest absolute Gasteiger partial charge is 0.289 e. The van der Waals surface area contributed by atoms with Gasteiger partial charge in [0.1, 0.15) is 5.69 Å². The first-order chi connectivity index (χ1) is 6.93. The second kappa shape index (κ2) is 4.69. The van der Waals surface area contributed by atoms with Gasteiger partial charge < -0.3 is 0 Å². The quantitative estimate of drug-likeness (QED) is 0.524. The minimum Gasteiger partial charge on any atom is -0.289 e. The Kier molecular flexibility index (Phi) is 3.77. The average molecular weight is 295 g/mol. The average Bonchev–Trinajstić information content (AvgIpc) is 2.15. The lowest BCUT2D eigenvalue weighted by atomic mass is 10.3. The third-order valence-electron chi connectivity index (χ3n) is 1.71. The van der Waals surface area contributed by atoms with Gasteiger partial charge in [-0.1, -0.05) is 15.9 Å². The molecule has 0 amide bonds. The van der Waals surface area contributed by atoms with Crippen molar-refractivity contribution in [3.8, 4) is 0 Å². The number of hydrogen-bond acceptors (Lipinski definition) is 3. The van der Waals surface area contributed by atoms with Crippen molar-refractivity contribution in [3.63, 3.8) is 0 Å². The maximum Gasteiger partial charge on any atom is 0.293 e. The van der Waals surface area contributed by atoms with Crippen LogP contribution in [0.3, 0.4) is 0 Å². The van der Waals surface area contributed by atoms with Gasteiger partial charge in [0.2, 0.25) is 0 Å². The summed E-state index contributed by atoms with van der Waals surface area (Å²) in [5, 5.41) is 10.6. The predicted molar refractivity (Wildman–Crippen MR) is 60.0 cm³/mol. The summed E-state index contributed by atoms with van der Waals surface area (Å²) in [7, 11) is 1.30. The molecule has 1 rings (SSSR count). The molecule has 0 saturated heterocycles. The highest BCUT2D eigenvalue weighted by Crippen LogP contribution is 2.30.